The Hall–Kier alpha value is -2.04. The predicted octanol–water partition coefficient (Wildman–Crippen LogP) is 3.85. The minimum absolute atomic E-state index is 0.504. The number of rotatable bonds is 5. The Morgan fingerprint density at radius 2 is 1.38 bits per heavy atom. The molecule has 0 saturated heterocycles. The Kier molecular flexibility index (Phi) is 5.20. The van der Waals surface area contributed by atoms with Crippen molar-refractivity contribution in [3.8, 4) is 0 Å². The van der Waals surface area contributed by atoms with Crippen LogP contribution in [0.5, 0.6) is 0 Å². The van der Waals surface area contributed by atoms with E-state index in [1.165, 1.54) is 0 Å². The van der Waals surface area contributed by atoms with E-state index in [-0.39, 0.29) is 0 Å². The molecule has 0 bridgehead atoms. The smallest absolute Gasteiger partial charge is 0.344 e. The molecule has 108 valence electrons. The maximum absolute atomic E-state index is 10.5. The van der Waals surface area contributed by atoms with Crippen molar-refractivity contribution in [1.29, 1.82) is 0 Å². The second-order valence-corrected chi connectivity index (χ2v) is 4.99. The maximum atomic E-state index is 10.5. The molecule has 1 N–H and O–H groups in total. The Labute approximate surface area is 131 Å². The lowest BCUT2D eigenvalue weighted by atomic mass is 10.0. The number of aliphatic carboxylic acids is 1. The third-order valence-electron chi connectivity index (χ3n) is 2.58. The maximum Gasteiger partial charge on any atom is 0.344 e. The summed E-state index contributed by atoms with van der Waals surface area (Å²) in [5.41, 5.74) is 2.02. The van der Waals surface area contributed by atoms with Crippen LogP contribution in [0.2, 0.25) is 10.0 Å². The SMILES string of the molecule is O=C(O)CON=C(c1ccc(Cl)cc1)c1ccc(Cl)cc1. The molecular formula is C15H11Cl2NO3. The quantitative estimate of drug-likeness (QED) is 0.671. The summed E-state index contributed by atoms with van der Waals surface area (Å²) in [7, 11) is 0. The van der Waals surface area contributed by atoms with Crippen LogP contribution in [0.3, 0.4) is 0 Å². The van der Waals surface area contributed by atoms with Gasteiger partial charge in [-0.05, 0) is 24.3 Å². The van der Waals surface area contributed by atoms with Gasteiger partial charge in [0.05, 0.1) is 0 Å². The van der Waals surface area contributed by atoms with E-state index in [4.69, 9.17) is 33.1 Å². The molecule has 0 aliphatic heterocycles. The summed E-state index contributed by atoms with van der Waals surface area (Å²) in [6, 6.07) is 14.0. The van der Waals surface area contributed by atoms with Gasteiger partial charge in [0.15, 0.2) is 0 Å². The standard InChI is InChI=1S/C15H11Cl2NO3/c16-12-5-1-10(2-6-12)15(18-21-9-14(19)20)11-3-7-13(17)8-4-11/h1-8H,9H2,(H,19,20). The van der Waals surface area contributed by atoms with Crippen LogP contribution in [0.15, 0.2) is 53.7 Å². The molecule has 0 saturated carbocycles. The second-order valence-electron chi connectivity index (χ2n) is 4.12. The van der Waals surface area contributed by atoms with E-state index in [9.17, 15) is 4.79 Å². The lowest BCUT2D eigenvalue weighted by Crippen LogP contribution is -2.08. The first-order valence-electron chi connectivity index (χ1n) is 6.00. The zero-order valence-corrected chi connectivity index (χ0v) is 12.3. The van der Waals surface area contributed by atoms with E-state index in [0.29, 0.717) is 15.8 Å². The predicted molar refractivity (Wildman–Crippen MR) is 82.1 cm³/mol. The molecule has 0 aliphatic rings. The van der Waals surface area contributed by atoms with Crippen molar-refractivity contribution in [3.63, 3.8) is 0 Å². The number of carboxylic acid groups (broad SMARTS) is 1. The number of nitrogens with zero attached hydrogens (tertiary/aromatic N) is 1. The first-order valence-corrected chi connectivity index (χ1v) is 6.75. The van der Waals surface area contributed by atoms with Gasteiger partial charge < -0.3 is 9.94 Å². The van der Waals surface area contributed by atoms with Crippen LogP contribution < -0.4 is 0 Å². The van der Waals surface area contributed by atoms with E-state index >= 15 is 0 Å². The van der Waals surface area contributed by atoms with E-state index in [1.54, 1.807) is 48.5 Å². The Balaban J connectivity index is 2.36. The minimum Gasteiger partial charge on any atom is -0.479 e. The van der Waals surface area contributed by atoms with Gasteiger partial charge in [0.25, 0.3) is 0 Å². The summed E-state index contributed by atoms with van der Waals surface area (Å²) in [6.07, 6.45) is 0. The molecule has 0 unspecified atom stereocenters. The molecule has 2 aromatic carbocycles. The highest BCUT2D eigenvalue weighted by Gasteiger charge is 2.09. The van der Waals surface area contributed by atoms with Gasteiger partial charge in [0, 0.05) is 21.2 Å². The van der Waals surface area contributed by atoms with E-state index in [1.807, 2.05) is 0 Å². The molecule has 6 heteroatoms. The number of hydrogen-bond acceptors (Lipinski definition) is 3. The molecule has 2 rings (SSSR count). The van der Waals surface area contributed by atoms with E-state index in [0.717, 1.165) is 11.1 Å². The van der Waals surface area contributed by atoms with E-state index in [2.05, 4.69) is 5.16 Å². The van der Waals surface area contributed by atoms with Crippen LogP contribution in [0, 0.1) is 0 Å². The van der Waals surface area contributed by atoms with Gasteiger partial charge in [0.1, 0.15) is 5.71 Å². The normalized spacial score (nSPS) is 10.0. The van der Waals surface area contributed by atoms with Crippen molar-refractivity contribution in [1.82, 2.24) is 0 Å². The number of oxime groups is 1. The Morgan fingerprint density at radius 3 is 1.76 bits per heavy atom. The fraction of sp³-hybridized carbons (Fsp3) is 0.0667. The van der Waals surface area contributed by atoms with Crippen molar-refractivity contribution in [2.75, 3.05) is 6.61 Å². The number of carboxylic acids is 1. The molecule has 2 aromatic rings. The average molecular weight is 324 g/mol. The molecule has 0 heterocycles. The Bertz CT molecular complexity index is 604. The van der Waals surface area contributed by atoms with Crippen LogP contribution >= 0.6 is 23.2 Å². The largest absolute Gasteiger partial charge is 0.479 e. The monoisotopic (exact) mass is 323 g/mol. The van der Waals surface area contributed by atoms with Crippen LogP contribution in [0.4, 0.5) is 0 Å². The molecular weight excluding hydrogens is 313 g/mol. The van der Waals surface area contributed by atoms with Crippen molar-refractivity contribution >= 4 is 34.9 Å². The highest BCUT2D eigenvalue weighted by Crippen LogP contribution is 2.17. The third kappa shape index (κ3) is 4.48. The zero-order chi connectivity index (χ0) is 15.2. The van der Waals surface area contributed by atoms with Crippen molar-refractivity contribution in [2.45, 2.75) is 0 Å². The van der Waals surface area contributed by atoms with Gasteiger partial charge in [0.2, 0.25) is 6.61 Å². The van der Waals surface area contributed by atoms with E-state index < -0.39 is 12.6 Å². The second kappa shape index (κ2) is 7.11. The summed E-state index contributed by atoms with van der Waals surface area (Å²) in [6.45, 7) is -0.509. The van der Waals surface area contributed by atoms with Crippen LogP contribution in [0.1, 0.15) is 11.1 Å². The van der Waals surface area contributed by atoms with Gasteiger partial charge in [-0.15, -0.1) is 0 Å². The number of benzene rings is 2. The summed E-state index contributed by atoms with van der Waals surface area (Å²) in [4.78, 5) is 15.4. The number of carbonyl (C=O) groups is 1. The topological polar surface area (TPSA) is 58.9 Å². The summed E-state index contributed by atoms with van der Waals surface area (Å²) in [5, 5.41) is 13.7. The molecule has 0 atom stereocenters. The van der Waals surface area contributed by atoms with Gasteiger partial charge in [-0.2, -0.15) is 0 Å². The summed E-state index contributed by atoms with van der Waals surface area (Å²) in [5.74, 6) is -1.09. The highest BCUT2D eigenvalue weighted by molar-refractivity contribution is 6.31. The van der Waals surface area contributed by atoms with Gasteiger partial charge in [-0.1, -0.05) is 52.6 Å². The first-order chi connectivity index (χ1) is 10.1. The van der Waals surface area contributed by atoms with Crippen LogP contribution in [-0.2, 0) is 9.63 Å². The molecule has 0 aromatic heterocycles. The summed E-state index contributed by atoms with van der Waals surface area (Å²) < 4.78 is 0. The average Bonchev–Trinajstić information content (AvgIpc) is 2.46. The lowest BCUT2D eigenvalue weighted by Gasteiger charge is -2.07. The van der Waals surface area contributed by atoms with Crippen molar-refractivity contribution in [3.05, 3.63) is 69.7 Å². The van der Waals surface area contributed by atoms with Crippen LogP contribution in [-0.4, -0.2) is 23.4 Å². The van der Waals surface area contributed by atoms with Gasteiger partial charge in [-0.25, -0.2) is 4.79 Å². The van der Waals surface area contributed by atoms with Crippen LogP contribution in [0.25, 0.3) is 0 Å². The third-order valence-corrected chi connectivity index (χ3v) is 3.08. The molecule has 0 radical (unpaired) electrons. The first kappa shape index (κ1) is 15.4. The molecule has 21 heavy (non-hydrogen) atoms. The minimum atomic E-state index is -1.09. The number of halogens is 2. The Morgan fingerprint density at radius 1 is 0.952 bits per heavy atom. The van der Waals surface area contributed by atoms with Crippen molar-refractivity contribution < 1.29 is 14.7 Å². The van der Waals surface area contributed by atoms with Gasteiger partial charge >= 0.3 is 5.97 Å². The molecule has 0 aliphatic carbocycles. The molecule has 0 spiro atoms. The molecule has 0 amide bonds. The zero-order valence-electron chi connectivity index (χ0n) is 10.8. The number of hydrogen-bond donors (Lipinski definition) is 1. The molecule has 4 nitrogen and oxygen atoms in total. The highest BCUT2D eigenvalue weighted by atomic mass is 35.5. The fourth-order valence-corrected chi connectivity index (χ4v) is 1.89. The summed E-state index contributed by atoms with van der Waals surface area (Å²) >= 11 is 11.7. The van der Waals surface area contributed by atoms with Gasteiger partial charge in [-0.3, -0.25) is 0 Å². The van der Waals surface area contributed by atoms with Crippen molar-refractivity contribution in [2.24, 2.45) is 5.16 Å². The fourth-order valence-electron chi connectivity index (χ4n) is 1.64. The lowest BCUT2D eigenvalue weighted by molar-refractivity contribution is -0.142. The molecule has 0 fully saturated rings.